The summed E-state index contributed by atoms with van der Waals surface area (Å²) in [6, 6.07) is 4.00. The lowest BCUT2D eigenvalue weighted by molar-refractivity contribution is 0.397. The maximum absolute atomic E-state index is 6.06. The molecule has 0 aliphatic rings. The van der Waals surface area contributed by atoms with E-state index >= 15 is 0 Å². The molecule has 0 heterocycles. The standard InChI is InChI=1S/C12H17Cl2NO/c1-8-6-9(14)7-10(12(8)16-3)11(15-2)4-5-13/h6-7,11,15H,4-5H2,1-3H3. The van der Waals surface area contributed by atoms with Gasteiger partial charge >= 0.3 is 0 Å². The summed E-state index contributed by atoms with van der Waals surface area (Å²) in [6.45, 7) is 1.99. The highest BCUT2D eigenvalue weighted by Gasteiger charge is 2.16. The molecule has 1 aromatic carbocycles. The van der Waals surface area contributed by atoms with Gasteiger partial charge in [0.15, 0.2) is 0 Å². The molecule has 1 aromatic rings. The Morgan fingerprint density at radius 3 is 2.62 bits per heavy atom. The lowest BCUT2D eigenvalue weighted by Crippen LogP contribution is -2.18. The zero-order valence-electron chi connectivity index (χ0n) is 9.81. The van der Waals surface area contributed by atoms with E-state index in [4.69, 9.17) is 27.9 Å². The minimum atomic E-state index is 0.171. The highest BCUT2D eigenvalue weighted by Crippen LogP contribution is 2.33. The smallest absolute Gasteiger partial charge is 0.126 e. The molecule has 16 heavy (non-hydrogen) atoms. The van der Waals surface area contributed by atoms with Gasteiger partial charge in [-0.15, -0.1) is 11.6 Å². The molecule has 0 fully saturated rings. The van der Waals surface area contributed by atoms with Gasteiger partial charge < -0.3 is 10.1 Å². The summed E-state index contributed by atoms with van der Waals surface area (Å²) in [5.74, 6) is 1.48. The molecule has 1 unspecified atom stereocenters. The van der Waals surface area contributed by atoms with Crippen molar-refractivity contribution in [2.75, 3.05) is 20.0 Å². The van der Waals surface area contributed by atoms with E-state index in [-0.39, 0.29) is 6.04 Å². The Labute approximate surface area is 107 Å². The van der Waals surface area contributed by atoms with Crippen LogP contribution in [0.25, 0.3) is 0 Å². The summed E-state index contributed by atoms with van der Waals surface area (Å²) in [5, 5.41) is 3.95. The first-order valence-electron chi connectivity index (χ1n) is 5.21. The van der Waals surface area contributed by atoms with E-state index in [0.29, 0.717) is 5.88 Å². The quantitative estimate of drug-likeness (QED) is 0.819. The van der Waals surface area contributed by atoms with Crippen molar-refractivity contribution in [1.29, 1.82) is 0 Å². The van der Waals surface area contributed by atoms with E-state index in [2.05, 4.69) is 5.32 Å². The third-order valence-electron chi connectivity index (χ3n) is 2.59. The Kier molecular flexibility index (Phi) is 5.39. The molecule has 0 saturated carbocycles. The molecule has 90 valence electrons. The number of methoxy groups -OCH3 is 1. The largest absolute Gasteiger partial charge is 0.496 e. The first-order chi connectivity index (χ1) is 7.63. The van der Waals surface area contributed by atoms with Crippen LogP contribution in [0.15, 0.2) is 12.1 Å². The lowest BCUT2D eigenvalue weighted by Gasteiger charge is -2.20. The molecule has 4 heteroatoms. The number of rotatable bonds is 5. The number of hydrogen-bond acceptors (Lipinski definition) is 2. The van der Waals surface area contributed by atoms with E-state index in [1.165, 1.54) is 0 Å². The summed E-state index contributed by atoms with van der Waals surface area (Å²) in [5.41, 5.74) is 2.11. The van der Waals surface area contributed by atoms with E-state index in [1.807, 2.05) is 26.1 Å². The molecule has 0 radical (unpaired) electrons. The van der Waals surface area contributed by atoms with Crippen molar-refractivity contribution < 1.29 is 4.74 Å². The molecule has 0 aromatic heterocycles. The fraction of sp³-hybridized carbons (Fsp3) is 0.500. The lowest BCUT2D eigenvalue weighted by atomic mass is 10.0. The summed E-state index contributed by atoms with van der Waals surface area (Å²) in [6.07, 6.45) is 0.841. The van der Waals surface area contributed by atoms with Crippen molar-refractivity contribution in [3.05, 3.63) is 28.3 Å². The highest BCUT2D eigenvalue weighted by molar-refractivity contribution is 6.30. The zero-order chi connectivity index (χ0) is 12.1. The Hall–Kier alpha value is -0.440. The van der Waals surface area contributed by atoms with Gasteiger partial charge in [-0.25, -0.2) is 0 Å². The first kappa shape index (κ1) is 13.6. The molecule has 1 atom stereocenters. The molecule has 0 amide bonds. The number of benzene rings is 1. The van der Waals surface area contributed by atoms with Crippen LogP contribution in [0.3, 0.4) is 0 Å². The topological polar surface area (TPSA) is 21.3 Å². The highest BCUT2D eigenvalue weighted by atomic mass is 35.5. The molecule has 0 aliphatic carbocycles. The Morgan fingerprint density at radius 1 is 1.44 bits per heavy atom. The van der Waals surface area contributed by atoms with Crippen LogP contribution in [-0.2, 0) is 0 Å². The first-order valence-corrected chi connectivity index (χ1v) is 6.12. The molecule has 0 saturated heterocycles. The normalized spacial score (nSPS) is 12.6. The van der Waals surface area contributed by atoms with Crippen molar-refractivity contribution >= 4 is 23.2 Å². The van der Waals surface area contributed by atoms with Crippen LogP contribution in [0.5, 0.6) is 5.75 Å². The van der Waals surface area contributed by atoms with Crippen LogP contribution >= 0.6 is 23.2 Å². The fourth-order valence-electron chi connectivity index (χ4n) is 1.86. The van der Waals surface area contributed by atoms with Crippen LogP contribution in [0.4, 0.5) is 0 Å². The Morgan fingerprint density at radius 2 is 2.12 bits per heavy atom. The number of halogens is 2. The van der Waals surface area contributed by atoms with Gasteiger partial charge in [-0.3, -0.25) is 0 Å². The van der Waals surface area contributed by atoms with Crippen molar-refractivity contribution in [3.8, 4) is 5.75 Å². The SMILES string of the molecule is CNC(CCCl)c1cc(Cl)cc(C)c1OC. The molecule has 2 nitrogen and oxygen atoms in total. The number of ether oxygens (including phenoxy) is 1. The van der Waals surface area contributed by atoms with Crippen molar-refractivity contribution in [3.63, 3.8) is 0 Å². The van der Waals surface area contributed by atoms with Crippen molar-refractivity contribution in [1.82, 2.24) is 5.32 Å². The summed E-state index contributed by atoms with van der Waals surface area (Å²) < 4.78 is 5.42. The van der Waals surface area contributed by atoms with E-state index in [0.717, 1.165) is 28.3 Å². The number of hydrogen-bond donors (Lipinski definition) is 1. The van der Waals surface area contributed by atoms with Gasteiger partial charge in [0.05, 0.1) is 7.11 Å². The van der Waals surface area contributed by atoms with Crippen LogP contribution in [0, 0.1) is 6.92 Å². The van der Waals surface area contributed by atoms with Crippen LogP contribution < -0.4 is 10.1 Å². The maximum Gasteiger partial charge on any atom is 0.126 e. The molecule has 1 N–H and O–H groups in total. The molecule has 0 spiro atoms. The number of nitrogens with one attached hydrogen (secondary N) is 1. The van der Waals surface area contributed by atoms with Crippen molar-refractivity contribution in [2.24, 2.45) is 0 Å². The second kappa shape index (κ2) is 6.33. The van der Waals surface area contributed by atoms with Crippen molar-refractivity contribution in [2.45, 2.75) is 19.4 Å². The molecule has 0 bridgehead atoms. The third-order valence-corrected chi connectivity index (χ3v) is 3.03. The minimum absolute atomic E-state index is 0.171. The van der Waals surface area contributed by atoms with Crippen LogP contribution in [0.2, 0.25) is 5.02 Å². The zero-order valence-corrected chi connectivity index (χ0v) is 11.3. The van der Waals surface area contributed by atoms with Gasteiger partial charge in [0.25, 0.3) is 0 Å². The van der Waals surface area contributed by atoms with Gasteiger partial charge in [-0.05, 0) is 38.1 Å². The predicted molar refractivity (Wildman–Crippen MR) is 69.9 cm³/mol. The van der Waals surface area contributed by atoms with Crippen LogP contribution in [-0.4, -0.2) is 20.0 Å². The number of alkyl halides is 1. The molecular formula is C12H17Cl2NO. The summed E-state index contributed by atoms with van der Waals surface area (Å²) >= 11 is 11.9. The average Bonchev–Trinajstić information content (AvgIpc) is 2.25. The fourth-order valence-corrected chi connectivity index (χ4v) is 2.36. The van der Waals surface area contributed by atoms with Gasteiger partial charge in [0.1, 0.15) is 5.75 Å². The minimum Gasteiger partial charge on any atom is -0.496 e. The average molecular weight is 262 g/mol. The second-order valence-electron chi connectivity index (χ2n) is 3.66. The molecule has 0 aliphatic heterocycles. The van der Waals surface area contributed by atoms with Gasteiger partial charge in [0.2, 0.25) is 0 Å². The summed E-state index contributed by atoms with van der Waals surface area (Å²) in [4.78, 5) is 0. The van der Waals surface area contributed by atoms with E-state index in [1.54, 1.807) is 7.11 Å². The summed E-state index contributed by atoms with van der Waals surface area (Å²) in [7, 11) is 3.58. The van der Waals surface area contributed by atoms with Gasteiger partial charge in [-0.1, -0.05) is 11.6 Å². The Bertz CT molecular complexity index is 355. The predicted octanol–water partition coefficient (Wildman–Crippen LogP) is 3.55. The monoisotopic (exact) mass is 261 g/mol. The second-order valence-corrected chi connectivity index (χ2v) is 4.48. The maximum atomic E-state index is 6.06. The van der Waals surface area contributed by atoms with Gasteiger partial charge in [0, 0.05) is 22.5 Å². The number of aryl methyl sites for hydroxylation is 1. The van der Waals surface area contributed by atoms with E-state index in [9.17, 15) is 0 Å². The van der Waals surface area contributed by atoms with E-state index < -0.39 is 0 Å². The third kappa shape index (κ3) is 3.03. The van der Waals surface area contributed by atoms with Gasteiger partial charge in [-0.2, -0.15) is 0 Å². The molecular weight excluding hydrogens is 245 g/mol. The molecule has 1 rings (SSSR count). The Balaban J connectivity index is 3.17. The van der Waals surface area contributed by atoms with Crippen LogP contribution in [0.1, 0.15) is 23.6 Å².